The van der Waals surface area contributed by atoms with Crippen molar-refractivity contribution in [3.8, 4) is 35.5 Å². The summed E-state index contributed by atoms with van der Waals surface area (Å²) in [6, 6.07) is 3.74. The number of carbonyl (C=O) groups excluding carboxylic acids is 1. The minimum atomic E-state index is -0.582. The van der Waals surface area contributed by atoms with Gasteiger partial charge in [0.2, 0.25) is 0 Å². The molecule has 0 amide bonds. The molecule has 1 rings (SSSR count). The predicted octanol–water partition coefficient (Wildman–Crippen LogP) is 2.64. The van der Waals surface area contributed by atoms with Crippen LogP contribution >= 0.6 is 22.9 Å². The van der Waals surface area contributed by atoms with Gasteiger partial charge in [0.1, 0.15) is 0 Å². The lowest BCUT2D eigenvalue weighted by Crippen LogP contribution is -2.15. The van der Waals surface area contributed by atoms with E-state index in [-0.39, 0.29) is 5.88 Å². The quantitative estimate of drug-likeness (QED) is 0.475. The van der Waals surface area contributed by atoms with E-state index < -0.39 is 12.1 Å². The third kappa shape index (κ3) is 6.03. The average Bonchev–Trinajstić information content (AvgIpc) is 2.82. The van der Waals surface area contributed by atoms with E-state index in [2.05, 4.69) is 35.5 Å². The SMILES string of the molecule is CC#CC#Cc1ccc(C#CC(CCl)OC(C)=O)s1. The van der Waals surface area contributed by atoms with Gasteiger partial charge in [0.05, 0.1) is 15.6 Å². The molecule has 0 spiro atoms. The molecule has 96 valence electrons. The zero-order valence-electron chi connectivity index (χ0n) is 10.5. The van der Waals surface area contributed by atoms with Crippen LogP contribution in [0.25, 0.3) is 0 Å². The zero-order valence-corrected chi connectivity index (χ0v) is 12.1. The van der Waals surface area contributed by atoms with E-state index in [1.54, 1.807) is 6.92 Å². The number of hydrogen-bond acceptors (Lipinski definition) is 3. The molecule has 0 aliphatic carbocycles. The first-order valence-corrected chi connectivity index (χ1v) is 6.78. The number of rotatable bonds is 2. The fraction of sp³-hybridized carbons (Fsp3) is 0.267. The molecule has 0 bridgehead atoms. The Bertz CT molecular complexity index is 626. The third-order valence-corrected chi connectivity index (χ3v) is 2.98. The van der Waals surface area contributed by atoms with Crippen LogP contribution in [0.4, 0.5) is 0 Å². The van der Waals surface area contributed by atoms with Gasteiger partial charge in [0, 0.05) is 6.92 Å². The molecule has 0 N–H and O–H groups in total. The number of carbonyl (C=O) groups is 1. The highest BCUT2D eigenvalue weighted by Crippen LogP contribution is 2.14. The topological polar surface area (TPSA) is 26.3 Å². The second kappa shape index (κ2) is 8.28. The number of ether oxygens (including phenoxy) is 1. The van der Waals surface area contributed by atoms with Gasteiger partial charge in [-0.15, -0.1) is 22.9 Å². The molecule has 0 fully saturated rings. The molecule has 1 atom stereocenters. The Morgan fingerprint density at radius 1 is 1.37 bits per heavy atom. The normalized spacial score (nSPS) is 9.84. The molecule has 0 aromatic carbocycles. The van der Waals surface area contributed by atoms with E-state index in [4.69, 9.17) is 16.3 Å². The van der Waals surface area contributed by atoms with Gasteiger partial charge in [-0.2, -0.15) is 0 Å². The van der Waals surface area contributed by atoms with E-state index in [0.717, 1.165) is 9.75 Å². The number of hydrogen-bond donors (Lipinski definition) is 0. The van der Waals surface area contributed by atoms with Crippen molar-refractivity contribution < 1.29 is 9.53 Å². The minimum absolute atomic E-state index is 0.150. The fourth-order valence-corrected chi connectivity index (χ4v) is 1.94. The highest BCUT2D eigenvalue weighted by Gasteiger charge is 2.06. The first kappa shape index (κ1) is 15.2. The monoisotopic (exact) mass is 290 g/mol. The van der Waals surface area contributed by atoms with Crippen molar-refractivity contribution in [1.82, 2.24) is 0 Å². The van der Waals surface area contributed by atoms with E-state index >= 15 is 0 Å². The predicted molar refractivity (Wildman–Crippen MR) is 77.8 cm³/mol. The summed E-state index contributed by atoms with van der Waals surface area (Å²) in [5.41, 5.74) is 0. The lowest BCUT2D eigenvalue weighted by molar-refractivity contribution is -0.142. The standard InChI is InChI=1S/C15H11ClO2S/c1-3-4-5-6-14-9-10-15(19-14)8-7-13(11-16)18-12(2)17/h9-10,13H,11H2,1-2H3. The van der Waals surface area contributed by atoms with Crippen molar-refractivity contribution in [1.29, 1.82) is 0 Å². The summed E-state index contributed by atoms with van der Waals surface area (Å²) in [6.07, 6.45) is -0.582. The molecule has 19 heavy (non-hydrogen) atoms. The van der Waals surface area contributed by atoms with Gasteiger partial charge in [0.15, 0.2) is 6.10 Å². The molecule has 1 unspecified atom stereocenters. The highest BCUT2D eigenvalue weighted by molar-refractivity contribution is 7.13. The van der Waals surface area contributed by atoms with E-state index in [1.165, 1.54) is 18.3 Å². The summed E-state index contributed by atoms with van der Waals surface area (Å²) in [7, 11) is 0. The largest absolute Gasteiger partial charge is 0.448 e. The number of esters is 1. The van der Waals surface area contributed by atoms with Crippen LogP contribution in [0.1, 0.15) is 23.6 Å². The lowest BCUT2D eigenvalue weighted by Gasteiger charge is -2.05. The molecule has 1 aromatic rings. The summed E-state index contributed by atoms with van der Waals surface area (Å²) in [4.78, 5) is 12.5. The van der Waals surface area contributed by atoms with Crippen molar-refractivity contribution in [3.05, 3.63) is 21.9 Å². The number of thiophene rings is 1. The minimum Gasteiger partial charge on any atom is -0.448 e. The van der Waals surface area contributed by atoms with E-state index in [9.17, 15) is 4.79 Å². The molecule has 0 aliphatic heterocycles. The van der Waals surface area contributed by atoms with E-state index in [1.807, 2.05) is 12.1 Å². The van der Waals surface area contributed by atoms with Gasteiger partial charge in [0.25, 0.3) is 0 Å². The van der Waals surface area contributed by atoms with Crippen molar-refractivity contribution in [2.24, 2.45) is 0 Å². The van der Waals surface area contributed by atoms with Gasteiger partial charge in [-0.1, -0.05) is 17.8 Å². The molecule has 0 radical (unpaired) electrons. The maximum Gasteiger partial charge on any atom is 0.303 e. The van der Waals surface area contributed by atoms with Gasteiger partial charge in [-0.25, -0.2) is 0 Å². The van der Waals surface area contributed by atoms with Crippen molar-refractivity contribution in [3.63, 3.8) is 0 Å². The van der Waals surface area contributed by atoms with Gasteiger partial charge >= 0.3 is 5.97 Å². The highest BCUT2D eigenvalue weighted by atomic mass is 35.5. The van der Waals surface area contributed by atoms with Crippen LogP contribution in [-0.4, -0.2) is 18.0 Å². The molecule has 1 heterocycles. The number of alkyl halides is 1. The zero-order chi connectivity index (χ0) is 14.1. The summed E-state index contributed by atoms with van der Waals surface area (Å²) in [5.74, 6) is 16.5. The Morgan fingerprint density at radius 3 is 2.63 bits per heavy atom. The first-order valence-electron chi connectivity index (χ1n) is 5.43. The molecular weight excluding hydrogens is 280 g/mol. The molecule has 0 saturated carbocycles. The van der Waals surface area contributed by atoms with Crippen LogP contribution in [0.5, 0.6) is 0 Å². The molecule has 0 aliphatic rings. The Labute approximate surface area is 122 Å². The lowest BCUT2D eigenvalue weighted by atomic mass is 10.3. The van der Waals surface area contributed by atoms with Crippen molar-refractivity contribution in [2.45, 2.75) is 20.0 Å². The van der Waals surface area contributed by atoms with Crippen LogP contribution in [0.3, 0.4) is 0 Å². The number of halogens is 1. The molecular formula is C15H11ClO2S. The van der Waals surface area contributed by atoms with Crippen LogP contribution in [-0.2, 0) is 9.53 Å². The first-order chi connectivity index (χ1) is 9.15. The average molecular weight is 291 g/mol. The molecule has 1 aromatic heterocycles. The van der Waals surface area contributed by atoms with Crippen LogP contribution in [0.15, 0.2) is 12.1 Å². The smallest absolute Gasteiger partial charge is 0.303 e. The van der Waals surface area contributed by atoms with Crippen molar-refractivity contribution in [2.75, 3.05) is 5.88 Å². The summed E-state index contributed by atoms with van der Waals surface area (Å²) in [6.45, 7) is 3.07. The Hall–Kier alpha value is -1.86. The Kier molecular flexibility index (Phi) is 6.62. The fourth-order valence-electron chi connectivity index (χ4n) is 1.08. The maximum absolute atomic E-state index is 10.8. The van der Waals surface area contributed by atoms with E-state index in [0.29, 0.717) is 0 Å². The maximum atomic E-state index is 10.8. The molecule has 2 nitrogen and oxygen atoms in total. The van der Waals surface area contributed by atoms with Gasteiger partial charge in [-0.3, -0.25) is 4.79 Å². The second-order valence-corrected chi connectivity index (χ2v) is 4.70. The Balaban J connectivity index is 2.75. The summed E-state index contributed by atoms with van der Waals surface area (Å²) < 4.78 is 4.92. The molecule has 4 heteroatoms. The van der Waals surface area contributed by atoms with Crippen LogP contribution in [0, 0.1) is 35.5 Å². The summed E-state index contributed by atoms with van der Waals surface area (Å²) >= 11 is 7.11. The van der Waals surface area contributed by atoms with Crippen LogP contribution in [0.2, 0.25) is 0 Å². The Morgan fingerprint density at radius 2 is 2.05 bits per heavy atom. The van der Waals surface area contributed by atoms with Crippen LogP contribution < -0.4 is 0 Å². The summed E-state index contributed by atoms with van der Waals surface area (Å²) in [5, 5.41) is 0. The second-order valence-electron chi connectivity index (χ2n) is 3.31. The van der Waals surface area contributed by atoms with Gasteiger partial charge in [-0.05, 0) is 36.8 Å². The molecule has 0 saturated heterocycles. The van der Waals surface area contributed by atoms with Crippen molar-refractivity contribution >= 4 is 28.9 Å². The van der Waals surface area contributed by atoms with Gasteiger partial charge < -0.3 is 4.74 Å². The third-order valence-electron chi connectivity index (χ3n) is 1.78.